The van der Waals surface area contributed by atoms with E-state index in [0.29, 0.717) is 11.6 Å². The molecule has 0 aliphatic carbocycles. The number of hydrogen-bond donors (Lipinski definition) is 2. The molecule has 0 aromatic heterocycles. The molecule has 1 aromatic rings. The van der Waals surface area contributed by atoms with Crippen molar-refractivity contribution in [2.75, 3.05) is 31.2 Å². The summed E-state index contributed by atoms with van der Waals surface area (Å²) in [5.41, 5.74) is 1.17. The van der Waals surface area contributed by atoms with Crippen LogP contribution in [0.3, 0.4) is 0 Å². The van der Waals surface area contributed by atoms with Crippen molar-refractivity contribution in [2.24, 2.45) is 0 Å². The van der Waals surface area contributed by atoms with Crippen LogP contribution in [0.15, 0.2) is 23.1 Å². The van der Waals surface area contributed by atoms with Crippen LogP contribution in [-0.4, -0.2) is 47.9 Å². The normalized spacial score (nSPS) is 17.1. The van der Waals surface area contributed by atoms with Gasteiger partial charge in [0, 0.05) is 10.9 Å². The fourth-order valence-corrected chi connectivity index (χ4v) is 3.35. The van der Waals surface area contributed by atoms with Crippen molar-refractivity contribution in [3.05, 3.63) is 23.8 Å². The molecule has 2 rings (SSSR count). The lowest BCUT2D eigenvalue weighted by atomic mass is 10.0. The third kappa shape index (κ3) is 3.67. The van der Waals surface area contributed by atoms with E-state index in [1.807, 2.05) is 25.1 Å². The minimum absolute atomic E-state index is 0.367. The quantitative estimate of drug-likeness (QED) is 0.818. The fourth-order valence-electron chi connectivity index (χ4n) is 2.52. The van der Waals surface area contributed by atoms with Crippen LogP contribution in [0.25, 0.3) is 0 Å². The fraction of sp³-hybridized carbons (Fsp3) is 0.533. The predicted molar refractivity (Wildman–Crippen MR) is 83.9 cm³/mol. The van der Waals surface area contributed by atoms with Crippen molar-refractivity contribution in [3.8, 4) is 0 Å². The average Bonchev–Trinajstić information content (AvgIpc) is 2.41. The maximum absolute atomic E-state index is 11.5. The minimum atomic E-state index is -0.850. The van der Waals surface area contributed by atoms with Gasteiger partial charge in [-0.1, -0.05) is 13.0 Å². The molecular weight excluding hydrogens is 272 g/mol. The summed E-state index contributed by atoms with van der Waals surface area (Å²) in [4.78, 5) is 14.7. The number of anilines is 1. The first-order chi connectivity index (χ1) is 9.61. The van der Waals surface area contributed by atoms with Gasteiger partial charge in [0.25, 0.3) is 0 Å². The number of nitrogens with one attached hydrogen (secondary N) is 1. The van der Waals surface area contributed by atoms with Gasteiger partial charge in [0.05, 0.1) is 11.3 Å². The summed E-state index contributed by atoms with van der Waals surface area (Å²) in [7, 11) is 2.12. The molecule has 0 bridgehead atoms. The highest BCUT2D eigenvalue weighted by atomic mass is 32.2. The lowest BCUT2D eigenvalue weighted by Gasteiger charge is -2.30. The molecule has 110 valence electrons. The van der Waals surface area contributed by atoms with E-state index in [9.17, 15) is 9.90 Å². The maximum Gasteiger partial charge on any atom is 0.338 e. The van der Waals surface area contributed by atoms with E-state index < -0.39 is 5.97 Å². The Morgan fingerprint density at radius 3 is 2.75 bits per heavy atom. The van der Waals surface area contributed by atoms with Crippen LogP contribution >= 0.6 is 11.8 Å². The van der Waals surface area contributed by atoms with Gasteiger partial charge in [0.2, 0.25) is 0 Å². The van der Waals surface area contributed by atoms with Crippen LogP contribution in [0.4, 0.5) is 5.69 Å². The average molecular weight is 294 g/mol. The van der Waals surface area contributed by atoms with Gasteiger partial charge in [-0.05, 0) is 50.9 Å². The summed E-state index contributed by atoms with van der Waals surface area (Å²) in [5, 5.41) is 12.9. The molecule has 2 N–H and O–H groups in total. The van der Waals surface area contributed by atoms with Crippen LogP contribution in [0.5, 0.6) is 0 Å². The number of piperidine rings is 1. The third-order valence-electron chi connectivity index (χ3n) is 3.62. The van der Waals surface area contributed by atoms with Gasteiger partial charge >= 0.3 is 5.97 Å². The second kappa shape index (κ2) is 6.99. The second-order valence-electron chi connectivity index (χ2n) is 5.14. The van der Waals surface area contributed by atoms with E-state index in [1.165, 1.54) is 0 Å². The summed E-state index contributed by atoms with van der Waals surface area (Å²) in [6.07, 6.45) is 2.11. The second-order valence-corrected chi connectivity index (χ2v) is 6.44. The van der Waals surface area contributed by atoms with Gasteiger partial charge in [-0.15, -0.1) is 11.8 Å². The lowest BCUT2D eigenvalue weighted by Crippen LogP contribution is -2.37. The Kier molecular flexibility index (Phi) is 5.31. The Morgan fingerprint density at radius 1 is 1.45 bits per heavy atom. The van der Waals surface area contributed by atoms with Crippen LogP contribution < -0.4 is 5.32 Å². The Hall–Kier alpha value is -1.20. The molecule has 1 fully saturated rings. The molecule has 0 unspecified atom stereocenters. The Balaban J connectivity index is 2.18. The van der Waals surface area contributed by atoms with E-state index in [-0.39, 0.29) is 0 Å². The molecule has 0 amide bonds. The number of carbonyl (C=O) groups is 1. The molecule has 0 spiro atoms. The molecule has 1 aromatic carbocycles. The van der Waals surface area contributed by atoms with Crippen LogP contribution in [0, 0.1) is 0 Å². The van der Waals surface area contributed by atoms with Gasteiger partial charge in [-0.3, -0.25) is 0 Å². The largest absolute Gasteiger partial charge is 0.478 e. The van der Waals surface area contributed by atoms with Crippen LogP contribution in [-0.2, 0) is 0 Å². The van der Waals surface area contributed by atoms with Gasteiger partial charge in [0.1, 0.15) is 0 Å². The first kappa shape index (κ1) is 15.2. The molecule has 1 heterocycles. The van der Waals surface area contributed by atoms with Gasteiger partial charge in [-0.25, -0.2) is 4.79 Å². The standard InChI is InChI=1S/C15H22N2O2S/c1-3-20-13-6-4-5-12(14(13)15(18)19)16-11-7-9-17(2)10-8-11/h4-6,11,16H,3,7-10H2,1-2H3,(H,18,19). The molecule has 1 saturated heterocycles. The highest BCUT2D eigenvalue weighted by Crippen LogP contribution is 2.29. The van der Waals surface area contributed by atoms with Crippen molar-refractivity contribution in [3.63, 3.8) is 0 Å². The van der Waals surface area contributed by atoms with Crippen molar-refractivity contribution in [2.45, 2.75) is 30.7 Å². The third-order valence-corrected chi connectivity index (χ3v) is 4.56. The number of carboxylic acid groups (broad SMARTS) is 1. The van der Waals surface area contributed by atoms with Crippen LogP contribution in [0.1, 0.15) is 30.1 Å². The number of likely N-dealkylation sites (tertiary alicyclic amines) is 1. The summed E-state index contributed by atoms with van der Waals surface area (Å²) >= 11 is 1.58. The number of benzene rings is 1. The zero-order valence-electron chi connectivity index (χ0n) is 12.1. The van der Waals surface area contributed by atoms with E-state index >= 15 is 0 Å². The number of carboxylic acids is 1. The van der Waals surface area contributed by atoms with Gasteiger partial charge < -0.3 is 15.3 Å². The molecule has 0 radical (unpaired) electrons. The Labute approximate surface area is 124 Å². The van der Waals surface area contributed by atoms with Crippen molar-refractivity contribution < 1.29 is 9.90 Å². The number of hydrogen-bond acceptors (Lipinski definition) is 4. The molecular formula is C15H22N2O2S. The Bertz CT molecular complexity index is 471. The number of thioether (sulfide) groups is 1. The molecule has 1 aliphatic heterocycles. The lowest BCUT2D eigenvalue weighted by molar-refractivity contribution is 0.0694. The van der Waals surface area contributed by atoms with Crippen molar-refractivity contribution >= 4 is 23.4 Å². The first-order valence-electron chi connectivity index (χ1n) is 7.06. The summed E-state index contributed by atoms with van der Waals surface area (Å²) < 4.78 is 0. The van der Waals surface area contributed by atoms with Crippen LogP contribution in [0.2, 0.25) is 0 Å². The number of nitrogens with zero attached hydrogens (tertiary/aromatic N) is 1. The molecule has 0 saturated carbocycles. The van der Waals surface area contributed by atoms with E-state index in [4.69, 9.17) is 0 Å². The summed E-state index contributed by atoms with van der Waals surface area (Å²) in [5.74, 6) is 0.0230. The molecule has 1 aliphatic rings. The first-order valence-corrected chi connectivity index (χ1v) is 8.04. The highest BCUT2D eigenvalue weighted by Gasteiger charge is 2.20. The highest BCUT2D eigenvalue weighted by molar-refractivity contribution is 7.99. The molecule has 5 heteroatoms. The van der Waals surface area contributed by atoms with E-state index in [0.717, 1.165) is 42.3 Å². The molecule has 20 heavy (non-hydrogen) atoms. The monoisotopic (exact) mass is 294 g/mol. The molecule has 4 nitrogen and oxygen atoms in total. The summed E-state index contributed by atoms with van der Waals surface area (Å²) in [6.45, 7) is 4.15. The summed E-state index contributed by atoms with van der Waals surface area (Å²) in [6, 6.07) is 6.06. The zero-order valence-corrected chi connectivity index (χ0v) is 12.9. The SMILES string of the molecule is CCSc1cccc(NC2CCN(C)CC2)c1C(=O)O. The smallest absolute Gasteiger partial charge is 0.338 e. The Morgan fingerprint density at radius 2 is 2.15 bits per heavy atom. The predicted octanol–water partition coefficient (Wildman–Crippen LogP) is 3.00. The van der Waals surface area contributed by atoms with Gasteiger partial charge in [0.15, 0.2) is 0 Å². The minimum Gasteiger partial charge on any atom is -0.478 e. The van der Waals surface area contributed by atoms with Crippen molar-refractivity contribution in [1.29, 1.82) is 0 Å². The maximum atomic E-state index is 11.5. The zero-order chi connectivity index (χ0) is 14.5. The molecule has 0 atom stereocenters. The van der Waals surface area contributed by atoms with E-state index in [2.05, 4.69) is 17.3 Å². The van der Waals surface area contributed by atoms with E-state index in [1.54, 1.807) is 11.8 Å². The number of aromatic carboxylic acids is 1. The topological polar surface area (TPSA) is 52.6 Å². The number of rotatable bonds is 5. The van der Waals surface area contributed by atoms with Gasteiger partial charge in [-0.2, -0.15) is 0 Å². The van der Waals surface area contributed by atoms with Crippen molar-refractivity contribution in [1.82, 2.24) is 4.90 Å².